The second-order valence-corrected chi connectivity index (χ2v) is 9.62. The molecule has 2 N–H and O–H groups in total. The highest BCUT2D eigenvalue weighted by molar-refractivity contribution is 5.95. The molecule has 0 radical (unpaired) electrons. The van der Waals surface area contributed by atoms with Crippen molar-refractivity contribution in [1.82, 2.24) is 24.7 Å². The molecule has 3 aromatic heterocycles. The zero-order valence-corrected chi connectivity index (χ0v) is 20.1. The molecule has 0 amide bonds. The predicted molar refractivity (Wildman–Crippen MR) is 140 cm³/mol. The largest absolute Gasteiger partial charge is 0.349 e. The van der Waals surface area contributed by atoms with Gasteiger partial charge in [-0.2, -0.15) is 0 Å². The number of hydrogen-bond acceptors (Lipinski definition) is 5. The normalized spacial score (nSPS) is 12.0. The number of anilines is 1. The number of hydrogen-bond donors (Lipinski definition) is 2. The summed E-state index contributed by atoms with van der Waals surface area (Å²) in [6, 6.07) is 19.3. The van der Waals surface area contributed by atoms with Crippen molar-refractivity contribution in [2.75, 3.05) is 11.9 Å². The number of pyridine rings is 1. The molecule has 5 rings (SSSR count). The molecule has 172 valence electrons. The number of nitrogens with zero attached hydrogens (tertiary/aromatic N) is 4. The van der Waals surface area contributed by atoms with E-state index in [1.807, 2.05) is 28.9 Å². The minimum atomic E-state index is -0.214. The van der Waals surface area contributed by atoms with Gasteiger partial charge < -0.3 is 10.6 Å². The second kappa shape index (κ2) is 8.88. The molecule has 0 bridgehead atoms. The topological polar surface area (TPSA) is 67.1 Å². The maximum atomic E-state index is 5.17. The summed E-state index contributed by atoms with van der Waals surface area (Å²) >= 11 is 0. The van der Waals surface area contributed by atoms with Crippen molar-refractivity contribution in [3.63, 3.8) is 0 Å². The molecule has 0 fully saturated rings. The highest BCUT2D eigenvalue weighted by atomic mass is 15.2. The van der Waals surface area contributed by atoms with Crippen molar-refractivity contribution in [3.05, 3.63) is 79.4 Å². The zero-order valence-electron chi connectivity index (χ0n) is 20.1. The van der Waals surface area contributed by atoms with E-state index in [1.165, 1.54) is 10.8 Å². The van der Waals surface area contributed by atoms with Crippen LogP contribution in [-0.2, 0) is 0 Å². The number of benzene rings is 2. The number of imidazole rings is 1. The van der Waals surface area contributed by atoms with Gasteiger partial charge in [0.25, 0.3) is 0 Å². The fourth-order valence-corrected chi connectivity index (χ4v) is 4.20. The van der Waals surface area contributed by atoms with Crippen LogP contribution in [0.3, 0.4) is 0 Å². The number of rotatable bonds is 7. The van der Waals surface area contributed by atoms with Crippen molar-refractivity contribution in [3.8, 4) is 22.4 Å². The third-order valence-electron chi connectivity index (χ3n) is 5.94. The summed E-state index contributed by atoms with van der Waals surface area (Å²) in [5, 5.41) is 9.58. The third kappa shape index (κ3) is 4.37. The van der Waals surface area contributed by atoms with E-state index in [9.17, 15) is 0 Å². The SMILES string of the molecule is CC(C)NCC(C)(C)Nc1nc(-c2ccncc2)c(-c2ccc3ccccc3c2)c2nccn12. The Hall–Kier alpha value is -3.77. The Morgan fingerprint density at radius 3 is 2.44 bits per heavy atom. The van der Waals surface area contributed by atoms with Crippen LogP contribution in [0, 0.1) is 0 Å². The second-order valence-electron chi connectivity index (χ2n) is 9.62. The van der Waals surface area contributed by atoms with Crippen LogP contribution in [0.2, 0.25) is 0 Å². The summed E-state index contributed by atoms with van der Waals surface area (Å²) in [6.07, 6.45) is 7.42. The fraction of sp³-hybridized carbons (Fsp3) is 0.250. The van der Waals surface area contributed by atoms with Gasteiger partial charge in [0.1, 0.15) is 5.65 Å². The fourth-order valence-electron chi connectivity index (χ4n) is 4.20. The first kappa shape index (κ1) is 22.0. The van der Waals surface area contributed by atoms with Crippen LogP contribution < -0.4 is 10.6 Å². The molecular weight excluding hydrogens is 420 g/mol. The van der Waals surface area contributed by atoms with Gasteiger partial charge in [-0.3, -0.25) is 9.38 Å². The zero-order chi connectivity index (χ0) is 23.7. The van der Waals surface area contributed by atoms with Crippen molar-refractivity contribution in [2.24, 2.45) is 0 Å². The Balaban J connectivity index is 1.71. The standard InChI is InChI=1S/C28H30N6/c1-19(2)31-18-28(3,4)33-27-32-25(21-11-13-29-14-12-21)24(26-30-15-16-34(26)27)23-10-9-20-7-5-6-8-22(20)17-23/h5-17,19,31H,18H2,1-4H3,(H,32,33). The number of nitrogens with one attached hydrogen (secondary N) is 2. The Kier molecular flexibility index (Phi) is 5.75. The Morgan fingerprint density at radius 1 is 0.912 bits per heavy atom. The first-order valence-electron chi connectivity index (χ1n) is 11.7. The molecule has 0 aliphatic rings. The van der Waals surface area contributed by atoms with E-state index in [4.69, 9.17) is 9.97 Å². The average molecular weight is 451 g/mol. The molecule has 0 saturated carbocycles. The molecule has 0 spiro atoms. The molecule has 0 aliphatic carbocycles. The Morgan fingerprint density at radius 2 is 1.68 bits per heavy atom. The molecule has 0 atom stereocenters. The summed E-state index contributed by atoms with van der Waals surface area (Å²) in [5.74, 6) is 0.763. The predicted octanol–water partition coefficient (Wildman–Crippen LogP) is 5.80. The van der Waals surface area contributed by atoms with Crippen LogP contribution in [0.1, 0.15) is 27.7 Å². The first-order chi connectivity index (χ1) is 16.4. The Bertz CT molecular complexity index is 1440. The number of aromatic nitrogens is 4. The summed E-state index contributed by atoms with van der Waals surface area (Å²) in [7, 11) is 0. The van der Waals surface area contributed by atoms with Gasteiger partial charge in [-0.1, -0.05) is 50.2 Å². The lowest BCUT2D eigenvalue weighted by atomic mass is 9.98. The van der Waals surface area contributed by atoms with Gasteiger partial charge in [0.15, 0.2) is 0 Å². The lowest BCUT2D eigenvalue weighted by Crippen LogP contribution is -2.44. The van der Waals surface area contributed by atoms with Gasteiger partial charge in [-0.25, -0.2) is 9.97 Å². The van der Waals surface area contributed by atoms with E-state index >= 15 is 0 Å². The van der Waals surface area contributed by atoms with Crippen LogP contribution in [-0.4, -0.2) is 37.5 Å². The highest BCUT2D eigenvalue weighted by Gasteiger charge is 2.23. The third-order valence-corrected chi connectivity index (χ3v) is 5.94. The molecule has 0 saturated heterocycles. The highest BCUT2D eigenvalue weighted by Crippen LogP contribution is 2.36. The molecule has 3 heterocycles. The minimum Gasteiger partial charge on any atom is -0.349 e. The minimum absolute atomic E-state index is 0.214. The quantitative estimate of drug-likeness (QED) is 0.328. The number of fused-ring (bicyclic) bond motifs is 2. The van der Waals surface area contributed by atoms with Crippen LogP contribution in [0.25, 0.3) is 38.8 Å². The van der Waals surface area contributed by atoms with Gasteiger partial charge in [-0.05, 0) is 48.4 Å². The van der Waals surface area contributed by atoms with Crippen LogP contribution in [0.5, 0.6) is 0 Å². The maximum absolute atomic E-state index is 5.17. The van der Waals surface area contributed by atoms with Crippen molar-refractivity contribution in [2.45, 2.75) is 39.3 Å². The molecule has 0 aliphatic heterocycles. The summed E-state index contributed by atoms with van der Waals surface area (Å²) in [5.41, 5.74) is 4.63. The van der Waals surface area contributed by atoms with E-state index in [0.717, 1.165) is 40.5 Å². The first-order valence-corrected chi connectivity index (χ1v) is 11.7. The van der Waals surface area contributed by atoms with E-state index in [1.54, 1.807) is 12.4 Å². The summed E-state index contributed by atoms with van der Waals surface area (Å²) in [6.45, 7) is 9.47. The van der Waals surface area contributed by atoms with Gasteiger partial charge in [-0.15, -0.1) is 0 Å². The molecule has 34 heavy (non-hydrogen) atoms. The monoisotopic (exact) mass is 450 g/mol. The average Bonchev–Trinajstić information content (AvgIpc) is 3.33. The van der Waals surface area contributed by atoms with Crippen LogP contribution in [0.15, 0.2) is 79.4 Å². The van der Waals surface area contributed by atoms with Gasteiger partial charge in [0, 0.05) is 48.5 Å². The molecule has 5 aromatic rings. The molecule has 2 aromatic carbocycles. The van der Waals surface area contributed by atoms with Gasteiger partial charge in [0.2, 0.25) is 5.95 Å². The van der Waals surface area contributed by atoms with Gasteiger partial charge in [0.05, 0.1) is 11.3 Å². The van der Waals surface area contributed by atoms with Crippen molar-refractivity contribution in [1.29, 1.82) is 0 Å². The van der Waals surface area contributed by atoms with Gasteiger partial charge >= 0.3 is 0 Å². The van der Waals surface area contributed by atoms with Crippen LogP contribution in [0.4, 0.5) is 5.95 Å². The summed E-state index contributed by atoms with van der Waals surface area (Å²) < 4.78 is 2.05. The Labute approximate surface area is 200 Å². The van der Waals surface area contributed by atoms with Crippen LogP contribution >= 0.6 is 0 Å². The van der Waals surface area contributed by atoms with Crippen molar-refractivity contribution < 1.29 is 0 Å². The lowest BCUT2D eigenvalue weighted by molar-refractivity contribution is 0.465. The van der Waals surface area contributed by atoms with E-state index in [0.29, 0.717) is 6.04 Å². The van der Waals surface area contributed by atoms with E-state index in [2.05, 4.69) is 85.8 Å². The molecule has 0 unspecified atom stereocenters. The van der Waals surface area contributed by atoms with E-state index in [-0.39, 0.29) is 5.54 Å². The van der Waals surface area contributed by atoms with Crippen molar-refractivity contribution >= 4 is 22.4 Å². The lowest BCUT2D eigenvalue weighted by Gasteiger charge is -2.29. The summed E-state index contributed by atoms with van der Waals surface area (Å²) in [4.78, 5) is 14.2. The molecule has 6 heteroatoms. The maximum Gasteiger partial charge on any atom is 0.209 e. The molecular formula is C28H30N6. The molecule has 6 nitrogen and oxygen atoms in total. The smallest absolute Gasteiger partial charge is 0.209 e. The van der Waals surface area contributed by atoms with E-state index < -0.39 is 0 Å².